The molecule has 0 saturated heterocycles. The Morgan fingerprint density at radius 3 is 2.00 bits per heavy atom. The van der Waals surface area contributed by atoms with Gasteiger partial charge in [0.1, 0.15) is 14.1 Å². The second-order valence-corrected chi connectivity index (χ2v) is 12.4. The summed E-state index contributed by atoms with van der Waals surface area (Å²) in [5.74, 6) is 0.00265. The number of rotatable bonds is 9. The van der Waals surface area contributed by atoms with Gasteiger partial charge in [0.2, 0.25) is 5.91 Å². The van der Waals surface area contributed by atoms with Crippen LogP contribution in [0.3, 0.4) is 0 Å². The summed E-state index contributed by atoms with van der Waals surface area (Å²) in [7, 11) is 8.22. The van der Waals surface area contributed by atoms with Gasteiger partial charge < -0.3 is 10.2 Å². The van der Waals surface area contributed by atoms with Crippen LogP contribution in [0.5, 0.6) is 0 Å². The van der Waals surface area contributed by atoms with E-state index in [0.717, 1.165) is 21.7 Å². The third-order valence-electron chi connectivity index (χ3n) is 6.96. The van der Waals surface area contributed by atoms with Crippen molar-refractivity contribution in [1.82, 2.24) is 5.32 Å². The first-order valence-corrected chi connectivity index (χ1v) is 15.1. The largest absolute Gasteiger partial charge is 0.378 e. The Kier molecular flexibility index (Phi) is 10.5. The molecule has 1 unspecified atom stereocenters. The average Bonchev–Trinajstić information content (AvgIpc) is 2.99. The highest BCUT2D eigenvalue weighted by atomic mass is 32.2. The van der Waals surface area contributed by atoms with Gasteiger partial charge in [-0.2, -0.15) is 0 Å². The fourth-order valence-corrected chi connectivity index (χ4v) is 5.87. The third kappa shape index (κ3) is 8.15. The lowest BCUT2D eigenvalue weighted by Crippen LogP contribution is -2.33. The number of thiocarbonyl (C=S) groups is 1. The molecule has 0 aliphatic heterocycles. The van der Waals surface area contributed by atoms with E-state index in [1.165, 1.54) is 45.4 Å². The number of hydrogen-bond donors (Lipinski definition) is 1. The minimum atomic E-state index is -0.250. The van der Waals surface area contributed by atoms with Crippen LogP contribution < -0.4 is 10.2 Å². The molecule has 0 radical (unpaired) electrons. The van der Waals surface area contributed by atoms with Gasteiger partial charge in [-0.3, -0.25) is 4.79 Å². The Morgan fingerprint density at radius 2 is 1.44 bits per heavy atom. The van der Waals surface area contributed by atoms with Crippen molar-refractivity contribution in [2.75, 3.05) is 39.6 Å². The standard InChI is InChI=1S/C35H37N3OS2/c1-25(41-35(40)30-9-7-6-8-10-30)34(39)36-24-23-26-11-13-27(14-12-26)33(28-15-19-31(20-16-28)37(2)3)29-17-21-32(22-18-29)38(4)5/h6-22,25H,23-24H2,1-5H3/p+1. The minimum absolute atomic E-state index is 0.00265. The minimum Gasteiger partial charge on any atom is -0.378 e. The van der Waals surface area contributed by atoms with Gasteiger partial charge >= 0.3 is 0 Å². The normalized spacial score (nSPS) is 13.1. The molecule has 1 aliphatic carbocycles. The summed E-state index contributed by atoms with van der Waals surface area (Å²) < 4.78 is 2.85. The molecule has 0 aromatic heterocycles. The quantitative estimate of drug-likeness (QED) is 0.230. The van der Waals surface area contributed by atoms with Crippen LogP contribution in [0, 0.1) is 0 Å². The number of carbonyl (C=O) groups excluding carboxylic acids is 1. The Labute approximate surface area is 254 Å². The third-order valence-corrected chi connectivity index (χ3v) is 8.50. The lowest BCUT2D eigenvalue weighted by atomic mass is 9.90. The lowest BCUT2D eigenvalue weighted by Gasteiger charge is -2.17. The van der Waals surface area contributed by atoms with E-state index < -0.39 is 0 Å². The van der Waals surface area contributed by atoms with E-state index in [1.807, 2.05) is 37.3 Å². The van der Waals surface area contributed by atoms with Gasteiger partial charge in [0.25, 0.3) is 0 Å². The van der Waals surface area contributed by atoms with Gasteiger partial charge in [-0.1, -0.05) is 78.9 Å². The molecule has 0 heterocycles. The summed E-state index contributed by atoms with van der Waals surface area (Å²) in [6.07, 6.45) is 9.46. The van der Waals surface area contributed by atoms with Crippen molar-refractivity contribution in [3.63, 3.8) is 0 Å². The number of allylic oxidation sites excluding steroid dienone is 5. The first-order valence-electron chi connectivity index (χ1n) is 13.8. The smallest absolute Gasteiger partial charge is 0.233 e. The molecule has 41 heavy (non-hydrogen) atoms. The van der Waals surface area contributed by atoms with Crippen LogP contribution in [0.15, 0.2) is 109 Å². The number of benzene rings is 3. The number of anilines is 1. The Balaban J connectivity index is 1.44. The van der Waals surface area contributed by atoms with E-state index in [1.54, 1.807) is 0 Å². The van der Waals surface area contributed by atoms with Crippen LogP contribution in [0.25, 0.3) is 5.57 Å². The fraction of sp³-hybridized carbons (Fsp3) is 0.229. The molecule has 1 N–H and O–H groups in total. The fourth-order valence-electron chi connectivity index (χ4n) is 4.52. The van der Waals surface area contributed by atoms with Crippen LogP contribution in [0.1, 0.15) is 29.2 Å². The molecule has 0 spiro atoms. The van der Waals surface area contributed by atoms with Crippen LogP contribution in [0.4, 0.5) is 5.69 Å². The molecule has 0 saturated carbocycles. The van der Waals surface area contributed by atoms with Crippen molar-refractivity contribution in [2.24, 2.45) is 0 Å². The number of thioether (sulfide) groups is 1. The number of amides is 1. The SMILES string of the molecule is CC(SC(=S)c1ccccc1)C(=O)NCCc1ccc(C(=C2C=CC(=[N+](C)C)C=C2)c2ccc(N(C)C)cc2)cc1. The summed E-state index contributed by atoms with van der Waals surface area (Å²) in [4.78, 5) is 14.8. The predicted molar refractivity (Wildman–Crippen MR) is 181 cm³/mol. The molecular formula is C35H38N3OS2+. The van der Waals surface area contributed by atoms with Gasteiger partial charge in [0.05, 0.1) is 9.45 Å². The van der Waals surface area contributed by atoms with Crippen LogP contribution >= 0.6 is 24.0 Å². The highest BCUT2D eigenvalue weighted by Gasteiger charge is 2.17. The lowest BCUT2D eigenvalue weighted by molar-refractivity contribution is -0.462. The molecule has 0 fully saturated rings. The van der Waals surface area contributed by atoms with Crippen molar-refractivity contribution in [3.05, 3.63) is 131 Å². The van der Waals surface area contributed by atoms with E-state index in [0.29, 0.717) is 6.54 Å². The molecule has 210 valence electrons. The van der Waals surface area contributed by atoms with E-state index in [9.17, 15) is 4.79 Å². The second kappa shape index (κ2) is 14.2. The summed E-state index contributed by atoms with van der Waals surface area (Å²) in [5.41, 5.74) is 9.20. The molecule has 1 aliphatic rings. The predicted octanol–water partition coefficient (Wildman–Crippen LogP) is 6.55. The van der Waals surface area contributed by atoms with Crippen molar-refractivity contribution in [1.29, 1.82) is 0 Å². The van der Waals surface area contributed by atoms with Gasteiger partial charge in [-0.05, 0) is 71.0 Å². The average molecular weight is 581 g/mol. The molecule has 4 nitrogen and oxygen atoms in total. The Hall–Kier alpha value is -3.74. The summed E-state index contributed by atoms with van der Waals surface area (Å²) in [6.45, 7) is 2.48. The van der Waals surface area contributed by atoms with Crippen LogP contribution in [0.2, 0.25) is 0 Å². The van der Waals surface area contributed by atoms with Crippen molar-refractivity contribution in [3.8, 4) is 0 Å². The summed E-state index contributed by atoms with van der Waals surface area (Å²) >= 11 is 6.94. The molecular weight excluding hydrogens is 543 g/mol. The topological polar surface area (TPSA) is 35.4 Å². The summed E-state index contributed by atoms with van der Waals surface area (Å²) in [6, 6.07) is 27.2. The molecule has 1 atom stereocenters. The number of carbonyl (C=O) groups is 1. The monoisotopic (exact) mass is 580 g/mol. The molecule has 4 rings (SSSR count). The second-order valence-electron chi connectivity index (χ2n) is 10.4. The molecule has 3 aromatic rings. The first kappa shape index (κ1) is 30.2. The van der Waals surface area contributed by atoms with E-state index in [-0.39, 0.29) is 11.2 Å². The Bertz CT molecular complexity index is 1480. The molecule has 1 amide bonds. The van der Waals surface area contributed by atoms with Gasteiger partial charge in [-0.15, -0.1) is 11.8 Å². The molecule has 3 aromatic carbocycles. The Morgan fingerprint density at radius 1 is 0.854 bits per heavy atom. The zero-order chi connectivity index (χ0) is 29.4. The molecule has 6 heteroatoms. The van der Waals surface area contributed by atoms with Crippen molar-refractivity contribution >= 4 is 51.1 Å². The van der Waals surface area contributed by atoms with Gasteiger partial charge in [0.15, 0.2) is 5.71 Å². The summed E-state index contributed by atoms with van der Waals surface area (Å²) in [5, 5.41) is 2.82. The number of nitrogens with zero attached hydrogens (tertiary/aromatic N) is 2. The highest BCUT2D eigenvalue weighted by Crippen LogP contribution is 2.31. The molecule has 0 bridgehead atoms. The van der Waals surface area contributed by atoms with Crippen molar-refractivity contribution in [2.45, 2.75) is 18.6 Å². The van der Waals surface area contributed by atoms with Crippen LogP contribution in [-0.2, 0) is 11.2 Å². The van der Waals surface area contributed by atoms with Crippen LogP contribution in [-0.4, -0.2) is 60.4 Å². The van der Waals surface area contributed by atoms with Gasteiger partial charge in [0, 0.05) is 38.5 Å². The zero-order valence-electron chi connectivity index (χ0n) is 24.4. The zero-order valence-corrected chi connectivity index (χ0v) is 26.1. The highest BCUT2D eigenvalue weighted by molar-refractivity contribution is 8.24. The van der Waals surface area contributed by atoms with E-state index >= 15 is 0 Å². The van der Waals surface area contributed by atoms with Gasteiger partial charge in [-0.25, -0.2) is 4.58 Å². The first-order chi connectivity index (χ1) is 19.7. The maximum absolute atomic E-state index is 12.7. The number of nitrogens with one attached hydrogen (secondary N) is 1. The number of hydrogen-bond acceptors (Lipinski definition) is 4. The van der Waals surface area contributed by atoms with E-state index in [2.05, 4.69) is 116 Å². The maximum atomic E-state index is 12.7. The van der Waals surface area contributed by atoms with E-state index in [4.69, 9.17) is 12.2 Å². The van der Waals surface area contributed by atoms with Crippen molar-refractivity contribution < 1.29 is 9.37 Å². The maximum Gasteiger partial charge on any atom is 0.233 e.